The maximum atomic E-state index is 12.3. The van der Waals surface area contributed by atoms with Gasteiger partial charge in [-0.05, 0) is 39.2 Å². The molecule has 1 aromatic rings. The summed E-state index contributed by atoms with van der Waals surface area (Å²) in [6.45, 7) is 10.7. The summed E-state index contributed by atoms with van der Waals surface area (Å²) in [6, 6.07) is 2.16. The Morgan fingerprint density at radius 3 is 2.83 bits per heavy atom. The summed E-state index contributed by atoms with van der Waals surface area (Å²) in [5, 5.41) is 3.08. The number of nitrogens with one attached hydrogen (secondary N) is 1. The van der Waals surface area contributed by atoms with Crippen molar-refractivity contribution in [2.45, 2.75) is 39.2 Å². The fourth-order valence-corrected chi connectivity index (χ4v) is 2.70. The highest BCUT2D eigenvalue weighted by molar-refractivity contribution is 5.74. The number of carbonyl (C=O) groups excluding carboxylic acids is 1. The number of amides is 2. The molecule has 0 radical (unpaired) electrons. The Hall–Kier alpha value is -2.11. The largest absolute Gasteiger partial charge is 0.353 e. The lowest BCUT2D eigenvalue weighted by atomic mass is 10.1. The number of piperazine rings is 1. The number of anilines is 1. The van der Waals surface area contributed by atoms with E-state index >= 15 is 0 Å². The molecular formula is C17H27N5O. The van der Waals surface area contributed by atoms with Crippen LogP contribution in [0.3, 0.4) is 0 Å². The smallest absolute Gasteiger partial charge is 0.317 e. The molecule has 1 unspecified atom stereocenters. The molecule has 23 heavy (non-hydrogen) atoms. The van der Waals surface area contributed by atoms with Crippen molar-refractivity contribution in [1.82, 2.24) is 20.2 Å². The van der Waals surface area contributed by atoms with Gasteiger partial charge in [-0.15, -0.1) is 6.58 Å². The van der Waals surface area contributed by atoms with E-state index < -0.39 is 0 Å². The molecule has 0 aliphatic carbocycles. The molecule has 1 N–H and O–H groups in total. The zero-order valence-electron chi connectivity index (χ0n) is 14.2. The second-order valence-electron chi connectivity index (χ2n) is 6.01. The average Bonchev–Trinajstić information content (AvgIpc) is 2.55. The molecule has 0 aromatic carbocycles. The van der Waals surface area contributed by atoms with Crippen LogP contribution in [-0.2, 0) is 0 Å². The van der Waals surface area contributed by atoms with Crippen molar-refractivity contribution in [3.63, 3.8) is 0 Å². The standard InChI is InChI=1S/C17H27N5O/c1-4-5-6-7-14(2)19-17(23)22-12-10-21(11-13-22)16-8-9-18-15(3)20-16/h4,8-9,14H,1,5-7,10-13H2,2-3H3,(H,19,23). The van der Waals surface area contributed by atoms with Crippen LogP contribution in [0.4, 0.5) is 10.6 Å². The summed E-state index contributed by atoms with van der Waals surface area (Å²) in [5.74, 6) is 1.71. The summed E-state index contributed by atoms with van der Waals surface area (Å²) in [4.78, 5) is 24.9. The van der Waals surface area contributed by atoms with Gasteiger partial charge < -0.3 is 15.1 Å². The van der Waals surface area contributed by atoms with Crippen LogP contribution in [0.5, 0.6) is 0 Å². The molecule has 2 rings (SSSR count). The van der Waals surface area contributed by atoms with Gasteiger partial charge in [0, 0.05) is 38.4 Å². The zero-order valence-corrected chi connectivity index (χ0v) is 14.2. The average molecular weight is 317 g/mol. The highest BCUT2D eigenvalue weighted by atomic mass is 16.2. The van der Waals surface area contributed by atoms with Gasteiger partial charge in [0.15, 0.2) is 0 Å². The number of hydrogen-bond acceptors (Lipinski definition) is 4. The van der Waals surface area contributed by atoms with E-state index in [-0.39, 0.29) is 12.1 Å². The number of nitrogens with zero attached hydrogens (tertiary/aromatic N) is 4. The quantitative estimate of drug-likeness (QED) is 0.646. The Morgan fingerprint density at radius 1 is 1.43 bits per heavy atom. The Bertz CT molecular complexity index is 525. The minimum Gasteiger partial charge on any atom is -0.353 e. The predicted octanol–water partition coefficient (Wildman–Crippen LogP) is 2.36. The third-order valence-electron chi connectivity index (χ3n) is 4.07. The minimum absolute atomic E-state index is 0.0367. The number of unbranched alkanes of at least 4 members (excludes halogenated alkanes) is 1. The van der Waals surface area contributed by atoms with Gasteiger partial charge in [0.05, 0.1) is 0 Å². The number of allylic oxidation sites excluding steroid dienone is 1. The molecule has 1 aromatic heterocycles. The molecule has 1 atom stereocenters. The summed E-state index contributed by atoms with van der Waals surface area (Å²) in [7, 11) is 0. The molecule has 2 heterocycles. The second kappa shape index (κ2) is 8.50. The molecule has 6 heteroatoms. The highest BCUT2D eigenvalue weighted by Crippen LogP contribution is 2.13. The molecule has 126 valence electrons. The molecule has 0 bridgehead atoms. The van der Waals surface area contributed by atoms with Gasteiger partial charge in [-0.1, -0.05) is 6.08 Å². The maximum Gasteiger partial charge on any atom is 0.317 e. The van der Waals surface area contributed by atoms with Gasteiger partial charge in [0.2, 0.25) is 0 Å². The van der Waals surface area contributed by atoms with Crippen molar-refractivity contribution >= 4 is 11.8 Å². The van der Waals surface area contributed by atoms with E-state index in [2.05, 4.69) is 33.7 Å². The monoisotopic (exact) mass is 317 g/mol. The number of hydrogen-bond donors (Lipinski definition) is 1. The third-order valence-corrected chi connectivity index (χ3v) is 4.07. The maximum absolute atomic E-state index is 12.3. The topological polar surface area (TPSA) is 61.4 Å². The van der Waals surface area contributed by atoms with Crippen LogP contribution in [-0.4, -0.2) is 53.1 Å². The SMILES string of the molecule is C=CCCCC(C)NC(=O)N1CCN(c2ccnc(C)n2)CC1. The van der Waals surface area contributed by atoms with Crippen molar-refractivity contribution in [3.8, 4) is 0 Å². The summed E-state index contributed by atoms with van der Waals surface area (Å²) >= 11 is 0. The van der Waals surface area contributed by atoms with Crippen LogP contribution in [0, 0.1) is 6.92 Å². The van der Waals surface area contributed by atoms with Crippen molar-refractivity contribution in [3.05, 3.63) is 30.7 Å². The minimum atomic E-state index is 0.0367. The number of rotatable bonds is 6. The van der Waals surface area contributed by atoms with Crippen LogP contribution in [0.15, 0.2) is 24.9 Å². The van der Waals surface area contributed by atoms with E-state index in [1.54, 1.807) is 6.20 Å². The number of aryl methyl sites for hydroxylation is 1. The third kappa shape index (κ3) is 5.23. The van der Waals surface area contributed by atoms with E-state index in [0.717, 1.165) is 44.0 Å². The first-order valence-corrected chi connectivity index (χ1v) is 8.31. The Morgan fingerprint density at radius 2 is 2.17 bits per heavy atom. The van der Waals surface area contributed by atoms with Crippen LogP contribution in [0.1, 0.15) is 32.0 Å². The van der Waals surface area contributed by atoms with E-state index in [0.29, 0.717) is 13.1 Å². The molecule has 1 aliphatic heterocycles. The summed E-state index contributed by atoms with van der Waals surface area (Å²) in [6.07, 6.45) is 6.74. The molecule has 1 aliphatic rings. The normalized spacial score (nSPS) is 16.1. The van der Waals surface area contributed by atoms with Gasteiger partial charge in [0.1, 0.15) is 11.6 Å². The lowest BCUT2D eigenvalue weighted by Crippen LogP contribution is -2.53. The van der Waals surface area contributed by atoms with E-state index in [1.807, 2.05) is 24.0 Å². The van der Waals surface area contributed by atoms with E-state index in [4.69, 9.17) is 0 Å². The zero-order chi connectivity index (χ0) is 16.7. The Labute approximate surface area is 138 Å². The Balaban J connectivity index is 1.77. The molecule has 0 saturated carbocycles. The van der Waals surface area contributed by atoms with Crippen molar-refractivity contribution in [2.24, 2.45) is 0 Å². The first kappa shape index (κ1) is 17.2. The molecule has 1 fully saturated rings. The van der Waals surface area contributed by atoms with E-state index in [9.17, 15) is 4.79 Å². The number of aromatic nitrogens is 2. The molecule has 6 nitrogen and oxygen atoms in total. The first-order chi connectivity index (χ1) is 11.1. The van der Waals surface area contributed by atoms with Crippen molar-refractivity contribution < 1.29 is 4.79 Å². The summed E-state index contributed by atoms with van der Waals surface area (Å²) in [5.41, 5.74) is 0. The number of urea groups is 1. The van der Waals surface area contributed by atoms with Crippen molar-refractivity contribution in [1.29, 1.82) is 0 Å². The Kier molecular flexibility index (Phi) is 6.38. The lowest BCUT2D eigenvalue weighted by Gasteiger charge is -2.36. The molecule has 1 saturated heterocycles. The van der Waals surface area contributed by atoms with Crippen LogP contribution < -0.4 is 10.2 Å². The fraction of sp³-hybridized carbons (Fsp3) is 0.588. The molecule has 0 spiro atoms. The van der Waals surface area contributed by atoms with Gasteiger partial charge in [-0.3, -0.25) is 0 Å². The number of carbonyl (C=O) groups is 1. The van der Waals surface area contributed by atoms with Crippen LogP contribution >= 0.6 is 0 Å². The van der Waals surface area contributed by atoms with E-state index in [1.165, 1.54) is 0 Å². The first-order valence-electron chi connectivity index (χ1n) is 8.31. The van der Waals surface area contributed by atoms with Gasteiger partial charge in [-0.2, -0.15) is 0 Å². The predicted molar refractivity (Wildman–Crippen MR) is 92.6 cm³/mol. The van der Waals surface area contributed by atoms with Crippen LogP contribution in [0.25, 0.3) is 0 Å². The lowest BCUT2D eigenvalue weighted by molar-refractivity contribution is 0.190. The molecule has 2 amide bonds. The molecular weight excluding hydrogens is 290 g/mol. The van der Waals surface area contributed by atoms with Gasteiger partial charge in [0.25, 0.3) is 0 Å². The summed E-state index contributed by atoms with van der Waals surface area (Å²) < 4.78 is 0. The van der Waals surface area contributed by atoms with Gasteiger partial charge in [-0.25, -0.2) is 14.8 Å². The van der Waals surface area contributed by atoms with Crippen LogP contribution in [0.2, 0.25) is 0 Å². The highest BCUT2D eigenvalue weighted by Gasteiger charge is 2.22. The second-order valence-corrected chi connectivity index (χ2v) is 6.01. The van der Waals surface area contributed by atoms with Crippen molar-refractivity contribution in [2.75, 3.05) is 31.1 Å². The van der Waals surface area contributed by atoms with Gasteiger partial charge >= 0.3 is 6.03 Å². The fourth-order valence-electron chi connectivity index (χ4n) is 2.70.